The number of guanidine groups is 1. The summed E-state index contributed by atoms with van der Waals surface area (Å²) in [6, 6.07) is 8.48. The number of likely N-dealkylation sites (tertiary alicyclic amines) is 1. The number of nitrogens with one attached hydrogen (secondary N) is 1. The van der Waals surface area contributed by atoms with Gasteiger partial charge in [-0.15, -0.1) is 0 Å². The molecule has 0 bridgehead atoms. The molecule has 1 aliphatic rings. The number of aliphatic imine (C=N–C) groups is 1. The number of nitrogens with zero attached hydrogens (tertiary/aromatic N) is 3. The van der Waals surface area contributed by atoms with Crippen LogP contribution in [0.15, 0.2) is 29.3 Å². The summed E-state index contributed by atoms with van der Waals surface area (Å²) in [6.45, 7) is 10.2. The van der Waals surface area contributed by atoms with Crippen molar-refractivity contribution in [2.45, 2.75) is 26.2 Å². The molecule has 1 heterocycles. The lowest BCUT2D eigenvalue weighted by molar-refractivity contribution is 0.362. The van der Waals surface area contributed by atoms with E-state index >= 15 is 0 Å². The van der Waals surface area contributed by atoms with E-state index in [2.05, 4.69) is 60.3 Å². The summed E-state index contributed by atoms with van der Waals surface area (Å²) in [5, 5.41) is 3.44. The number of rotatable bonds is 7. The monoisotopic (exact) mass is 332 g/mol. The lowest BCUT2D eigenvalue weighted by atomic mass is 9.98. The zero-order valence-corrected chi connectivity index (χ0v) is 15.6. The van der Waals surface area contributed by atoms with Gasteiger partial charge in [0.05, 0.1) is 13.7 Å². The molecule has 1 unspecified atom stereocenters. The van der Waals surface area contributed by atoms with Crippen molar-refractivity contribution in [3.63, 3.8) is 0 Å². The third kappa shape index (κ3) is 5.13. The van der Waals surface area contributed by atoms with Crippen LogP contribution in [-0.2, 0) is 0 Å². The van der Waals surface area contributed by atoms with Crippen LogP contribution in [0.1, 0.15) is 31.7 Å². The Kier molecular flexibility index (Phi) is 7.37. The Morgan fingerprint density at radius 1 is 1.33 bits per heavy atom. The second-order valence-corrected chi connectivity index (χ2v) is 6.34. The topological polar surface area (TPSA) is 40.1 Å². The molecule has 1 saturated heterocycles. The van der Waals surface area contributed by atoms with Crippen LogP contribution in [0.4, 0.5) is 0 Å². The first-order valence-electron chi connectivity index (χ1n) is 9.03. The van der Waals surface area contributed by atoms with Crippen molar-refractivity contribution in [1.82, 2.24) is 15.1 Å². The zero-order valence-electron chi connectivity index (χ0n) is 15.6. The largest absolute Gasteiger partial charge is 0.497 e. The number of methoxy groups -OCH3 is 1. The minimum absolute atomic E-state index is 0.568. The number of hydrogen-bond donors (Lipinski definition) is 1. The van der Waals surface area contributed by atoms with E-state index in [1.54, 1.807) is 7.11 Å². The van der Waals surface area contributed by atoms with Gasteiger partial charge in [0.15, 0.2) is 5.96 Å². The lowest BCUT2D eigenvalue weighted by Gasteiger charge is -2.22. The fourth-order valence-corrected chi connectivity index (χ4v) is 3.01. The normalized spacial score (nSPS) is 18.3. The first-order valence-corrected chi connectivity index (χ1v) is 9.03. The van der Waals surface area contributed by atoms with Crippen LogP contribution in [-0.4, -0.2) is 69.2 Å². The van der Waals surface area contributed by atoms with Gasteiger partial charge in [0.2, 0.25) is 0 Å². The van der Waals surface area contributed by atoms with Crippen LogP contribution in [0.3, 0.4) is 0 Å². The highest BCUT2D eigenvalue weighted by Crippen LogP contribution is 2.28. The Hall–Kier alpha value is -1.75. The van der Waals surface area contributed by atoms with Crippen molar-refractivity contribution in [3.05, 3.63) is 29.8 Å². The van der Waals surface area contributed by atoms with Gasteiger partial charge >= 0.3 is 0 Å². The maximum absolute atomic E-state index is 5.25. The Balaban J connectivity index is 1.95. The van der Waals surface area contributed by atoms with Crippen molar-refractivity contribution in [2.24, 2.45) is 4.99 Å². The van der Waals surface area contributed by atoms with Gasteiger partial charge in [0.1, 0.15) is 5.75 Å². The van der Waals surface area contributed by atoms with Crippen LogP contribution in [0.25, 0.3) is 0 Å². The molecule has 0 radical (unpaired) electrons. The van der Waals surface area contributed by atoms with Gasteiger partial charge in [0, 0.05) is 32.1 Å². The number of likely N-dealkylation sites (N-methyl/N-ethyl adjacent to an activating group) is 1. The van der Waals surface area contributed by atoms with Crippen LogP contribution in [0, 0.1) is 0 Å². The van der Waals surface area contributed by atoms with Gasteiger partial charge < -0.3 is 19.9 Å². The van der Waals surface area contributed by atoms with Gasteiger partial charge in [0.25, 0.3) is 0 Å². The van der Waals surface area contributed by atoms with E-state index in [9.17, 15) is 0 Å². The van der Waals surface area contributed by atoms with E-state index in [0.29, 0.717) is 5.92 Å². The second kappa shape index (κ2) is 9.52. The number of hydrogen-bond acceptors (Lipinski definition) is 3. The first-order chi connectivity index (χ1) is 11.7. The van der Waals surface area contributed by atoms with Gasteiger partial charge in [-0.2, -0.15) is 0 Å². The molecule has 1 fully saturated rings. The summed E-state index contributed by atoms with van der Waals surface area (Å²) in [7, 11) is 3.85. The maximum atomic E-state index is 5.25. The number of ether oxygens (including phenoxy) is 1. The molecule has 134 valence electrons. The fourth-order valence-electron chi connectivity index (χ4n) is 3.01. The molecule has 0 spiro atoms. The standard InChI is InChI=1S/C19H32N4O/c1-5-20-19(21-12-14-22(3)6-2)23-13-11-17(15-23)16-7-9-18(24-4)10-8-16/h7-10,17H,5-6,11-15H2,1-4H3,(H,20,21). The van der Waals surface area contributed by atoms with Crippen LogP contribution >= 0.6 is 0 Å². The molecule has 1 aliphatic heterocycles. The summed E-state index contributed by atoms with van der Waals surface area (Å²) in [5.74, 6) is 2.54. The minimum Gasteiger partial charge on any atom is -0.497 e. The van der Waals surface area contributed by atoms with Crippen molar-refractivity contribution in [2.75, 3.05) is 53.4 Å². The molecule has 1 atom stereocenters. The predicted molar refractivity (Wildman–Crippen MR) is 101 cm³/mol. The quantitative estimate of drug-likeness (QED) is 0.615. The highest BCUT2D eigenvalue weighted by Gasteiger charge is 2.26. The molecule has 0 aliphatic carbocycles. The van der Waals surface area contributed by atoms with Crippen molar-refractivity contribution in [3.8, 4) is 5.75 Å². The van der Waals surface area contributed by atoms with Gasteiger partial charge in [-0.05, 0) is 44.6 Å². The smallest absolute Gasteiger partial charge is 0.193 e. The van der Waals surface area contributed by atoms with Gasteiger partial charge in [-0.3, -0.25) is 4.99 Å². The average Bonchev–Trinajstić information content (AvgIpc) is 3.10. The van der Waals surface area contributed by atoms with Crippen LogP contribution < -0.4 is 10.1 Å². The van der Waals surface area contributed by atoms with Crippen LogP contribution in [0.2, 0.25) is 0 Å². The Labute approximate surface area is 146 Å². The average molecular weight is 332 g/mol. The lowest BCUT2D eigenvalue weighted by Crippen LogP contribution is -2.40. The summed E-state index contributed by atoms with van der Waals surface area (Å²) in [6.07, 6.45) is 1.17. The molecule has 0 saturated carbocycles. The molecular weight excluding hydrogens is 300 g/mol. The number of benzene rings is 1. The highest BCUT2D eigenvalue weighted by atomic mass is 16.5. The fraction of sp³-hybridized carbons (Fsp3) is 0.632. The van der Waals surface area contributed by atoms with Crippen molar-refractivity contribution < 1.29 is 4.74 Å². The van der Waals surface area contributed by atoms with E-state index in [0.717, 1.165) is 51.0 Å². The molecule has 1 N–H and O–H groups in total. The van der Waals surface area contributed by atoms with E-state index in [1.807, 2.05) is 0 Å². The van der Waals surface area contributed by atoms with Gasteiger partial charge in [-0.25, -0.2) is 0 Å². The second-order valence-electron chi connectivity index (χ2n) is 6.34. The van der Waals surface area contributed by atoms with E-state index < -0.39 is 0 Å². The molecule has 0 amide bonds. The summed E-state index contributed by atoms with van der Waals surface area (Å²) in [4.78, 5) is 9.49. The molecular formula is C19H32N4O. The molecule has 5 nitrogen and oxygen atoms in total. The summed E-state index contributed by atoms with van der Waals surface area (Å²) >= 11 is 0. The third-order valence-electron chi connectivity index (χ3n) is 4.69. The molecule has 24 heavy (non-hydrogen) atoms. The Morgan fingerprint density at radius 2 is 2.08 bits per heavy atom. The molecule has 5 heteroatoms. The predicted octanol–water partition coefficient (Wildman–Crippen LogP) is 2.40. The van der Waals surface area contributed by atoms with Crippen molar-refractivity contribution in [1.29, 1.82) is 0 Å². The van der Waals surface area contributed by atoms with E-state index in [1.165, 1.54) is 12.0 Å². The van der Waals surface area contributed by atoms with E-state index in [-0.39, 0.29) is 0 Å². The van der Waals surface area contributed by atoms with Crippen LogP contribution in [0.5, 0.6) is 5.75 Å². The summed E-state index contributed by atoms with van der Waals surface area (Å²) in [5.41, 5.74) is 1.39. The Morgan fingerprint density at radius 3 is 2.71 bits per heavy atom. The molecule has 1 aromatic rings. The van der Waals surface area contributed by atoms with Gasteiger partial charge in [-0.1, -0.05) is 19.1 Å². The highest BCUT2D eigenvalue weighted by molar-refractivity contribution is 5.80. The third-order valence-corrected chi connectivity index (χ3v) is 4.69. The molecule has 1 aromatic carbocycles. The summed E-state index contributed by atoms with van der Waals surface area (Å²) < 4.78 is 5.25. The maximum Gasteiger partial charge on any atom is 0.193 e. The van der Waals surface area contributed by atoms with Crippen molar-refractivity contribution >= 4 is 5.96 Å². The first kappa shape index (κ1) is 18.6. The zero-order chi connectivity index (χ0) is 17.4. The Bertz CT molecular complexity index is 515. The van der Waals surface area contributed by atoms with E-state index in [4.69, 9.17) is 9.73 Å². The molecule has 2 rings (SSSR count). The molecule has 0 aromatic heterocycles. The SMILES string of the molecule is CCNC(=NCCN(C)CC)N1CCC(c2ccc(OC)cc2)C1. The minimum atomic E-state index is 0.568.